The van der Waals surface area contributed by atoms with Gasteiger partial charge in [0.25, 0.3) is 5.91 Å². The second-order valence-electron chi connectivity index (χ2n) is 8.92. The van der Waals surface area contributed by atoms with Crippen LogP contribution in [0.4, 0.5) is 0 Å². The normalized spacial score (nSPS) is 25.1. The molecule has 4 rings (SSSR count). The minimum absolute atomic E-state index is 0.0623. The van der Waals surface area contributed by atoms with Crippen molar-refractivity contribution >= 4 is 16.9 Å². The molecule has 6 nitrogen and oxygen atoms in total. The van der Waals surface area contributed by atoms with E-state index in [1.54, 1.807) is 6.92 Å². The SMILES string of the molecule is CCc1cc(=O)oc2cc(C)cc(O[C@H](C)C(=O)N3CC[C@]4(O)CCCC[C@H]4C3)c12. The zero-order valence-electron chi connectivity index (χ0n) is 18.1. The lowest BCUT2D eigenvalue weighted by Gasteiger charge is -2.47. The van der Waals surface area contributed by atoms with Crippen molar-refractivity contribution in [3.05, 3.63) is 39.7 Å². The molecule has 1 saturated carbocycles. The van der Waals surface area contributed by atoms with E-state index in [0.717, 1.165) is 42.2 Å². The summed E-state index contributed by atoms with van der Waals surface area (Å²) in [6.45, 7) is 6.80. The van der Waals surface area contributed by atoms with Crippen molar-refractivity contribution in [2.24, 2.45) is 5.92 Å². The van der Waals surface area contributed by atoms with Crippen LogP contribution in [0.1, 0.15) is 57.1 Å². The van der Waals surface area contributed by atoms with Gasteiger partial charge in [-0.05, 0) is 62.8 Å². The zero-order chi connectivity index (χ0) is 21.5. The number of rotatable bonds is 4. The number of fused-ring (bicyclic) bond motifs is 2. The fourth-order valence-corrected chi connectivity index (χ4v) is 5.11. The number of amides is 1. The Bertz CT molecular complexity index is 1010. The minimum Gasteiger partial charge on any atom is -0.480 e. The molecule has 0 unspecified atom stereocenters. The van der Waals surface area contributed by atoms with Crippen LogP contribution in [-0.4, -0.2) is 40.7 Å². The maximum Gasteiger partial charge on any atom is 0.336 e. The number of piperidine rings is 1. The van der Waals surface area contributed by atoms with E-state index in [2.05, 4.69) is 0 Å². The highest BCUT2D eigenvalue weighted by molar-refractivity contribution is 5.88. The predicted octanol–water partition coefficient (Wildman–Crippen LogP) is 3.58. The molecule has 6 heteroatoms. The second-order valence-corrected chi connectivity index (χ2v) is 8.92. The molecule has 2 aromatic rings. The van der Waals surface area contributed by atoms with Crippen LogP contribution in [0.5, 0.6) is 5.75 Å². The number of aliphatic hydroxyl groups is 1. The highest BCUT2D eigenvalue weighted by atomic mass is 16.5. The number of ether oxygens (including phenoxy) is 1. The molecule has 0 bridgehead atoms. The largest absolute Gasteiger partial charge is 0.480 e. The summed E-state index contributed by atoms with van der Waals surface area (Å²) in [4.78, 5) is 26.9. The summed E-state index contributed by atoms with van der Waals surface area (Å²) in [5.74, 6) is 0.655. The molecular formula is C24H31NO5. The first-order valence-electron chi connectivity index (χ1n) is 11.1. The number of hydrogen-bond donors (Lipinski definition) is 1. The molecule has 162 valence electrons. The summed E-state index contributed by atoms with van der Waals surface area (Å²) in [6.07, 6.45) is 4.62. The lowest BCUT2D eigenvalue weighted by atomic mass is 9.71. The van der Waals surface area contributed by atoms with Crippen LogP contribution in [0.15, 0.2) is 27.4 Å². The van der Waals surface area contributed by atoms with Crippen molar-refractivity contribution in [1.82, 2.24) is 4.90 Å². The Morgan fingerprint density at radius 2 is 2.13 bits per heavy atom. The zero-order valence-corrected chi connectivity index (χ0v) is 18.1. The van der Waals surface area contributed by atoms with Gasteiger partial charge in [0, 0.05) is 25.1 Å². The molecule has 1 aliphatic carbocycles. The smallest absolute Gasteiger partial charge is 0.336 e. The van der Waals surface area contributed by atoms with E-state index in [1.807, 2.05) is 30.9 Å². The molecule has 0 radical (unpaired) electrons. The Morgan fingerprint density at radius 1 is 1.33 bits per heavy atom. The van der Waals surface area contributed by atoms with E-state index in [1.165, 1.54) is 6.07 Å². The van der Waals surface area contributed by atoms with Crippen molar-refractivity contribution in [3.8, 4) is 5.75 Å². The monoisotopic (exact) mass is 413 g/mol. The fourth-order valence-electron chi connectivity index (χ4n) is 5.11. The second kappa shape index (κ2) is 8.06. The van der Waals surface area contributed by atoms with E-state index < -0.39 is 11.7 Å². The maximum atomic E-state index is 13.2. The molecule has 1 aromatic carbocycles. The van der Waals surface area contributed by atoms with Gasteiger partial charge in [0.1, 0.15) is 11.3 Å². The number of benzene rings is 1. The molecule has 2 fully saturated rings. The molecular weight excluding hydrogens is 382 g/mol. The molecule has 3 atom stereocenters. The van der Waals surface area contributed by atoms with Crippen molar-refractivity contribution in [2.45, 2.75) is 71.0 Å². The Kier molecular flexibility index (Phi) is 5.62. The van der Waals surface area contributed by atoms with E-state index in [9.17, 15) is 14.7 Å². The quantitative estimate of drug-likeness (QED) is 0.775. The van der Waals surface area contributed by atoms with Crippen molar-refractivity contribution in [1.29, 1.82) is 0 Å². The molecule has 2 aliphatic rings. The van der Waals surface area contributed by atoms with Gasteiger partial charge in [-0.1, -0.05) is 19.8 Å². The van der Waals surface area contributed by atoms with Crippen molar-refractivity contribution in [2.75, 3.05) is 13.1 Å². The molecule has 1 saturated heterocycles. The Balaban J connectivity index is 1.56. The summed E-state index contributed by atoms with van der Waals surface area (Å²) in [6, 6.07) is 5.21. The van der Waals surface area contributed by atoms with E-state index in [0.29, 0.717) is 37.3 Å². The summed E-state index contributed by atoms with van der Waals surface area (Å²) in [5.41, 5.74) is 1.24. The first-order chi connectivity index (χ1) is 14.3. The van der Waals surface area contributed by atoms with Gasteiger partial charge in [0.15, 0.2) is 6.10 Å². The highest BCUT2D eigenvalue weighted by Gasteiger charge is 2.44. The third-order valence-electron chi connectivity index (χ3n) is 6.81. The molecule has 2 heterocycles. The van der Waals surface area contributed by atoms with Gasteiger partial charge in [0.2, 0.25) is 0 Å². The van der Waals surface area contributed by atoms with Crippen LogP contribution in [0.25, 0.3) is 11.0 Å². The average Bonchev–Trinajstić information content (AvgIpc) is 2.71. The number of carbonyl (C=O) groups is 1. The maximum absolute atomic E-state index is 13.2. The third-order valence-corrected chi connectivity index (χ3v) is 6.81. The van der Waals surface area contributed by atoms with Crippen LogP contribution in [-0.2, 0) is 11.2 Å². The standard InChI is InChI=1S/C24H31NO5/c1-4-17-13-21(26)30-20-12-15(2)11-19(22(17)20)29-16(3)23(27)25-10-9-24(28)8-6-5-7-18(24)14-25/h11-13,16,18,28H,4-10,14H2,1-3H3/t16-,18+,24-/m1/s1. The van der Waals surface area contributed by atoms with Crippen LogP contribution >= 0.6 is 0 Å². The highest BCUT2D eigenvalue weighted by Crippen LogP contribution is 2.40. The number of hydrogen-bond acceptors (Lipinski definition) is 5. The third kappa shape index (κ3) is 3.85. The number of carbonyl (C=O) groups excluding carboxylic acids is 1. The minimum atomic E-state index is -0.665. The van der Waals surface area contributed by atoms with Gasteiger partial charge >= 0.3 is 5.63 Å². The van der Waals surface area contributed by atoms with Crippen molar-refractivity contribution < 1.29 is 19.1 Å². The van der Waals surface area contributed by atoms with Crippen LogP contribution in [0.3, 0.4) is 0 Å². The predicted molar refractivity (Wildman–Crippen MR) is 115 cm³/mol. The van der Waals surface area contributed by atoms with Gasteiger partial charge in [-0.2, -0.15) is 0 Å². The lowest BCUT2D eigenvalue weighted by Crippen LogP contribution is -2.56. The first kappa shape index (κ1) is 20.9. The van der Waals surface area contributed by atoms with Gasteiger partial charge in [-0.15, -0.1) is 0 Å². The van der Waals surface area contributed by atoms with Crippen LogP contribution < -0.4 is 10.4 Å². The van der Waals surface area contributed by atoms with E-state index in [-0.39, 0.29) is 17.5 Å². The van der Waals surface area contributed by atoms with E-state index >= 15 is 0 Å². The number of aryl methyl sites for hydroxylation is 2. The first-order valence-corrected chi connectivity index (χ1v) is 11.1. The summed E-state index contributed by atoms with van der Waals surface area (Å²) in [7, 11) is 0. The molecule has 1 aromatic heterocycles. The Labute approximate surface area is 176 Å². The van der Waals surface area contributed by atoms with Crippen LogP contribution in [0.2, 0.25) is 0 Å². The number of likely N-dealkylation sites (tertiary alicyclic amines) is 1. The lowest BCUT2D eigenvalue weighted by molar-refractivity contribution is -0.149. The Morgan fingerprint density at radius 3 is 2.90 bits per heavy atom. The molecule has 1 amide bonds. The topological polar surface area (TPSA) is 80.0 Å². The summed E-state index contributed by atoms with van der Waals surface area (Å²) < 4.78 is 11.5. The molecule has 30 heavy (non-hydrogen) atoms. The molecule has 1 aliphatic heterocycles. The fraction of sp³-hybridized carbons (Fsp3) is 0.583. The molecule has 0 spiro atoms. The number of nitrogens with zero attached hydrogens (tertiary/aromatic N) is 1. The average molecular weight is 414 g/mol. The Hall–Kier alpha value is -2.34. The summed E-state index contributed by atoms with van der Waals surface area (Å²) >= 11 is 0. The summed E-state index contributed by atoms with van der Waals surface area (Å²) in [5, 5.41) is 11.6. The van der Waals surface area contributed by atoms with Gasteiger partial charge in [-0.3, -0.25) is 4.79 Å². The van der Waals surface area contributed by atoms with E-state index in [4.69, 9.17) is 9.15 Å². The van der Waals surface area contributed by atoms with Gasteiger partial charge in [-0.25, -0.2) is 4.79 Å². The van der Waals surface area contributed by atoms with Crippen molar-refractivity contribution in [3.63, 3.8) is 0 Å². The van der Waals surface area contributed by atoms with Gasteiger partial charge < -0.3 is 19.2 Å². The van der Waals surface area contributed by atoms with Crippen LogP contribution in [0, 0.1) is 12.8 Å². The van der Waals surface area contributed by atoms with Gasteiger partial charge in [0.05, 0.1) is 11.0 Å². The molecule has 1 N–H and O–H groups in total.